The Bertz CT molecular complexity index is 573. The van der Waals surface area contributed by atoms with Crippen molar-refractivity contribution in [2.75, 3.05) is 24.7 Å². The highest BCUT2D eigenvalue weighted by atomic mass is 16.2. The van der Waals surface area contributed by atoms with Gasteiger partial charge in [0.05, 0.1) is 6.42 Å². The molecule has 1 fully saturated rings. The first kappa shape index (κ1) is 15.2. The van der Waals surface area contributed by atoms with Crippen molar-refractivity contribution in [3.8, 4) is 0 Å². The van der Waals surface area contributed by atoms with Crippen LogP contribution in [0.3, 0.4) is 0 Å². The first-order valence-corrected chi connectivity index (χ1v) is 7.10. The molecule has 2 N–H and O–H groups in total. The van der Waals surface area contributed by atoms with Gasteiger partial charge in [0.25, 0.3) is 5.91 Å². The smallest absolute Gasteiger partial charge is 0.251 e. The minimum atomic E-state index is -0.546. The van der Waals surface area contributed by atoms with E-state index in [0.717, 1.165) is 34.9 Å². The first-order valence-electron chi connectivity index (χ1n) is 7.10. The summed E-state index contributed by atoms with van der Waals surface area (Å²) in [5, 5.41) is 6.12. The van der Waals surface area contributed by atoms with Gasteiger partial charge >= 0.3 is 0 Å². The number of imide groups is 1. The standard InChI is InChI=1S/C14H21N5O2/c1-5-6-10-17-12(15-3)8(2)13(18-10)16-9-7-11(20)19(4)14(9)21/h9H,5-7H2,1-4H3,(H2,15,16,17,18). The van der Waals surface area contributed by atoms with Crippen LogP contribution in [0.5, 0.6) is 0 Å². The van der Waals surface area contributed by atoms with Crippen molar-refractivity contribution in [1.29, 1.82) is 0 Å². The summed E-state index contributed by atoms with van der Waals surface area (Å²) in [4.78, 5) is 33.6. The third-order valence-corrected chi connectivity index (χ3v) is 3.60. The zero-order valence-electron chi connectivity index (χ0n) is 12.9. The van der Waals surface area contributed by atoms with Crippen molar-refractivity contribution in [1.82, 2.24) is 14.9 Å². The van der Waals surface area contributed by atoms with E-state index in [9.17, 15) is 9.59 Å². The van der Waals surface area contributed by atoms with Gasteiger partial charge in [-0.05, 0) is 13.3 Å². The molecule has 1 aromatic heterocycles. The number of hydrogen-bond donors (Lipinski definition) is 2. The quantitative estimate of drug-likeness (QED) is 0.785. The van der Waals surface area contributed by atoms with Gasteiger partial charge in [0.2, 0.25) is 5.91 Å². The van der Waals surface area contributed by atoms with Crippen molar-refractivity contribution < 1.29 is 9.59 Å². The minimum absolute atomic E-state index is 0.163. The second-order valence-electron chi connectivity index (χ2n) is 5.15. The molecule has 2 rings (SSSR count). The van der Waals surface area contributed by atoms with Crippen LogP contribution in [0.15, 0.2) is 0 Å². The molecule has 1 saturated heterocycles. The van der Waals surface area contributed by atoms with E-state index in [1.165, 1.54) is 7.05 Å². The van der Waals surface area contributed by atoms with Gasteiger partial charge in [-0.15, -0.1) is 0 Å². The number of carbonyl (C=O) groups is 2. The lowest BCUT2D eigenvalue weighted by Gasteiger charge is -2.16. The molecular formula is C14H21N5O2. The highest BCUT2D eigenvalue weighted by molar-refractivity contribution is 6.06. The number of carbonyl (C=O) groups excluding carboxylic acids is 2. The number of hydrogen-bond acceptors (Lipinski definition) is 6. The van der Waals surface area contributed by atoms with Crippen LogP contribution in [0, 0.1) is 6.92 Å². The summed E-state index contributed by atoms with van der Waals surface area (Å²) in [6.45, 7) is 3.94. The Labute approximate surface area is 124 Å². The second-order valence-corrected chi connectivity index (χ2v) is 5.15. The molecule has 0 spiro atoms. The maximum Gasteiger partial charge on any atom is 0.251 e. The SMILES string of the molecule is CCCc1nc(NC)c(C)c(NC2CC(=O)N(C)C2=O)n1. The van der Waals surface area contributed by atoms with Gasteiger partial charge in [0.15, 0.2) is 0 Å². The van der Waals surface area contributed by atoms with Crippen molar-refractivity contribution in [3.05, 3.63) is 11.4 Å². The summed E-state index contributed by atoms with van der Waals surface area (Å²) in [6.07, 6.45) is 1.87. The van der Waals surface area contributed by atoms with E-state index in [-0.39, 0.29) is 18.2 Å². The number of likely N-dealkylation sites (N-methyl/N-ethyl adjacent to an activating group) is 1. The molecule has 2 heterocycles. The third-order valence-electron chi connectivity index (χ3n) is 3.60. The van der Waals surface area contributed by atoms with E-state index in [0.29, 0.717) is 5.82 Å². The average Bonchev–Trinajstić information content (AvgIpc) is 2.70. The van der Waals surface area contributed by atoms with E-state index in [1.807, 2.05) is 6.92 Å². The van der Waals surface area contributed by atoms with Gasteiger partial charge in [0.1, 0.15) is 23.5 Å². The molecule has 1 aliphatic rings. The molecule has 114 valence electrons. The van der Waals surface area contributed by atoms with Crippen LogP contribution in [0.4, 0.5) is 11.6 Å². The lowest BCUT2D eigenvalue weighted by atomic mass is 10.2. The number of aryl methyl sites for hydroxylation is 1. The fraction of sp³-hybridized carbons (Fsp3) is 0.571. The number of nitrogens with zero attached hydrogens (tertiary/aromatic N) is 3. The van der Waals surface area contributed by atoms with Crippen molar-refractivity contribution in [2.24, 2.45) is 0 Å². The average molecular weight is 291 g/mol. The molecule has 1 atom stereocenters. The summed E-state index contributed by atoms with van der Waals surface area (Å²) >= 11 is 0. The van der Waals surface area contributed by atoms with E-state index < -0.39 is 6.04 Å². The monoisotopic (exact) mass is 291 g/mol. The topological polar surface area (TPSA) is 87.2 Å². The molecule has 1 aromatic rings. The molecule has 0 saturated carbocycles. The Morgan fingerprint density at radius 3 is 2.48 bits per heavy atom. The lowest BCUT2D eigenvalue weighted by Crippen LogP contribution is -2.32. The van der Waals surface area contributed by atoms with E-state index >= 15 is 0 Å². The second kappa shape index (κ2) is 6.07. The first-order chi connectivity index (χ1) is 9.97. The number of anilines is 2. The maximum absolute atomic E-state index is 12.0. The summed E-state index contributed by atoms with van der Waals surface area (Å²) < 4.78 is 0. The zero-order chi connectivity index (χ0) is 15.6. The predicted octanol–water partition coefficient (Wildman–Crippen LogP) is 0.948. The summed E-state index contributed by atoms with van der Waals surface area (Å²) in [7, 11) is 3.30. The molecule has 0 aromatic carbocycles. The van der Waals surface area contributed by atoms with Gasteiger partial charge in [-0.3, -0.25) is 14.5 Å². The molecule has 0 radical (unpaired) electrons. The Morgan fingerprint density at radius 1 is 1.29 bits per heavy atom. The van der Waals surface area contributed by atoms with Crippen LogP contribution in [-0.2, 0) is 16.0 Å². The van der Waals surface area contributed by atoms with Crippen molar-refractivity contribution >= 4 is 23.5 Å². The van der Waals surface area contributed by atoms with Crippen LogP contribution < -0.4 is 10.6 Å². The number of aromatic nitrogens is 2. The highest BCUT2D eigenvalue weighted by Crippen LogP contribution is 2.23. The third kappa shape index (κ3) is 2.96. The van der Waals surface area contributed by atoms with Crippen LogP contribution in [0.25, 0.3) is 0 Å². The van der Waals surface area contributed by atoms with E-state index in [4.69, 9.17) is 0 Å². The van der Waals surface area contributed by atoms with E-state index in [2.05, 4.69) is 27.5 Å². The predicted molar refractivity (Wildman–Crippen MR) is 80.1 cm³/mol. The maximum atomic E-state index is 12.0. The number of likely N-dealkylation sites (tertiary alicyclic amines) is 1. The van der Waals surface area contributed by atoms with Gasteiger partial charge in [-0.2, -0.15) is 0 Å². The summed E-state index contributed by atoms with van der Waals surface area (Å²) in [6, 6.07) is -0.546. The van der Waals surface area contributed by atoms with Crippen molar-refractivity contribution in [3.63, 3.8) is 0 Å². The molecule has 7 nitrogen and oxygen atoms in total. The lowest BCUT2D eigenvalue weighted by molar-refractivity contribution is -0.136. The molecule has 1 aliphatic heterocycles. The Morgan fingerprint density at radius 2 is 1.95 bits per heavy atom. The van der Waals surface area contributed by atoms with Crippen LogP contribution in [0.1, 0.15) is 31.2 Å². The van der Waals surface area contributed by atoms with Crippen LogP contribution in [-0.4, -0.2) is 46.8 Å². The number of rotatable bonds is 5. The zero-order valence-corrected chi connectivity index (χ0v) is 12.9. The Hall–Kier alpha value is -2.18. The summed E-state index contributed by atoms with van der Waals surface area (Å²) in [5.74, 6) is 1.67. The summed E-state index contributed by atoms with van der Waals surface area (Å²) in [5.41, 5.74) is 0.840. The Kier molecular flexibility index (Phi) is 4.40. The number of amides is 2. The minimum Gasteiger partial charge on any atom is -0.373 e. The number of nitrogens with one attached hydrogen (secondary N) is 2. The molecule has 0 aliphatic carbocycles. The van der Waals surface area contributed by atoms with E-state index in [1.54, 1.807) is 7.05 Å². The van der Waals surface area contributed by atoms with Gasteiger partial charge in [-0.25, -0.2) is 9.97 Å². The van der Waals surface area contributed by atoms with Crippen LogP contribution in [0.2, 0.25) is 0 Å². The molecule has 7 heteroatoms. The van der Waals surface area contributed by atoms with Gasteiger partial charge in [-0.1, -0.05) is 6.92 Å². The molecule has 0 bridgehead atoms. The molecule has 1 unspecified atom stereocenters. The molecule has 21 heavy (non-hydrogen) atoms. The molecule has 2 amide bonds. The van der Waals surface area contributed by atoms with Gasteiger partial charge in [0, 0.05) is 26.1 Å². The van der Waals surface area contributed by atoms with Gasteiger partial charge < -0.3 is 10.6 Å². The normalized spacial score (nSPS) is 18.3. The largest absolute Gasteiger partial charge is 0.373 e. The van der Waals surface area contributed by atoms with Crippen molar-refractivity contribution in [2.45, 2.75) is 39.2 Å². The Balaban J connectivity index is 2.29. The highest BCUT2D eigenvalue weighted by Gasteiger charge is 2.36. The molecular weight excluding hydrogens is 270 g/mol. The fourth-order valence-electron chi connectivity index (χ4n) is 2.32. The fourth-order valence-corrected chi connectivity index (χ4v) is 2.32. The van der Waals surface area contributed by atoms with Crippen LogP contribution >= 0.6 is 0 Å².